The van der Waals surface area contributed by atoms with Gasteiger partial charge in [0.05, 0.1) is 7.11 Å². The lowest BCUT2D eigenvalue weighted by atomic mass is 10.1. The summed E-state index contributed by atoms with van der Waals surface area (Å²) in [6, 6.07) is -1.53. The van der Waals surface area contributed by atoms with Crippen molar-refractivity contribution in [2.24, 2.45) is 0 Å². The number of hydrogen-bond donors (Lipinski definition) is 2. The second-order valence-electron chi connectivity index (χ2n) is 4.70. The van der Waals surface area contributed by atoms with E-state index in [0.29, 0.717) is 0 Å². The molecule has 2 amide bonds. The van der Waals surface area contributed by atoms with Gasteiger partial charge >= 0.3 is 18.0 Å². The Morgan fingerprint density at radius 1 is 1.30 bits per heavy atom. The Labute approximate surface area is 119 Å². The molecular weight excluding hydrogens is 264 g/mol. The first-order valence-corrected chi connectivity index (χ1v) is 6.66. The van der Waals surface area contributed by atoms with Gasteiger partial charge in [-0.1, -0.05) is 13.3 Å². The van der Waals surface area contributed by atoms with Gasteiger partial charge in [-0.05, 0) is 19.8 Å². The zero-order valence-corrected chi connectivity index (χ0v) is 12.5. The smallest absolute Gasteiger partial charge is 0.326 e. The van der Waals surface area contributed by atoms with Crippen molar-refractivity contribution in [3.8, 4) is 0 Å². The van der Waals surface area contributed by atoms with Crippen molar-refractivity contribution in [2.75, 3.05) is 14.2 Å². The highest BCUT2D eigenvalue weighted by molar-refractivity contribution is 5.83. The van der Waals surface area contributed by atoms with Gasteiger partial charge in [0.25, 0.3) is 0 Å². The number of nitrogens with zero attached hydrogens (tertiary/aromatic N) is 1. The summed E-state index contributed by atoms with van der Waals surface area (Å²) in [6.07, 6.45) is 1.72. The zero-order valence-electron chi connectivity index (χ0n) is 12.5. The first kappa shape index (κ1) is 18.2. The molecule has 0 aromatic carbocycles. The van der Waals surface area contributed by atoms with Crippen LogP contribution in [0.2, 0.25) is 0 Å². The number of carboxylic acid groups (broad SMARTS) is 1. The molecule has 0 aliphatic rings. The van der Waals surface area contributed by atoms with Crippen LogP contribution in [-0.4, -0.2) is 54.2 Å². The first-order valence-electron chi connectivity index (χ1n) is 6.66. The highest BCUT2D eigenvalue weighted by Gasteiger charge is 2.24. The van der Waals surface area contributed by atoms with E-state index in [0.717, 1.165) is 12.8 Å². The van der Waals surface area contributed by atoms with Crippen LogP contribution in [-0.2, 0) is 14.3 Å². The number of carbonyl (C=O) groups excluding carboxylic acids is 2. The van der Waals surface area contributed by atoms with E-state index < -0.39 is 24.0 Å². The summed E-state index contributed by atoms with van der Waals surface area (Å²) in [4.78, 5) is 35.5. The van der Waals surface area contributed by atoms with Gasteiger partial charge in [0.2, 0.25) is 0 Å². The van der Waals surface area contributed by atoms with Crippen LogP contribution >= 0.6 is 0 Å². The van der Waals surface area contributed by atoms with Gasteiger partial charge in [0.15, 0.2) is 0 Å². The van der Waals surface area contributed by atoms with E-state index >= 15 is 0 Å². The molecule has 0 aromatic heterocycles. The molecule has 7 nitrogen and oxygen atoms in total. The number of ether oxygens (including phenoxy) is 1. The van der Waals surface area contributed by atoms with Crippen molar-refractivity contribution in [1.82, 2.24) is 10.2 Å². The molecule has 0 aliphatic heterocycles. The Morgan fingerprint density at radius 2 is 1.90 bits per heavy atom. The number of carbonyl (C=O) groups is 3. The molecule has 0 aromatic rings. The summed E-state index contributed by atoms with van der Waals surface area (Å²) in [5, 5.41) is 11.5. The van der Waals surface area contributed by atoms with Crippen molar-refractivity contribution in [3.05, 3.63) is 0 Å². The van der Waals surface area contributed by atoms with Gasteiger partial charge in [-0.25, -0.2) is 9.59 Å². The van der Waals surface area contributed by atoms with Crippen LogP contribution in [0.25, 0.3) is 0 Å². The SMILES string of the molecule is CCCC(C)N(C)C(=O)N[C@@H](CCC(=O)OC)C(=O)O. The molecule has 20 heavy (non-hydrogen) atoms. The molecule has 0 aliphatic carbocycles. The monoisotopic (exact) mass is 288 g/mol. The van der Waals surface area contributed by atoms with E-state index in [1.165, 1.54) is 12.0 Å². The number of urea groups is 1. The maximum atomic E-state index is 11.9. The molecule has 0 radical (unpaired) electrons. The molecule has 0 fully saturated rings. The minimum Gasteiger partial charge on any atom is -0.480 e. The Bertz CT molecular complexity index is 346. The summed E-state index contributed by atoms with van der Waals surface area (Å²) >= 11 is 0. The molecule has 116 valence electrons. The molecule has 0 saturated carbocycles. The fourth-order valence-electron chi connectivity index (χ4n) is 1.68. The molecule has 7 heteroatoms. The van der Waals surface area contributed by atoms with Crippen LogP contribution in [0.3, 0.4) is 0 Å². The van der Waals surface area contributed by atoms with Crippen molar-refractivity contribution in [3.63, 3.8) is 0 Å². The standard InChI is InChI=1S/C13H24N2O5/c1-5-6-9(2)15(3)13(19)14-10(12(17)18)7-8-11(16)20-4/h9-10H,5-8H2,1-4H3,(H,14,19)(H,17,18)/t9?,10-/m0/s1. The molecule has 2 atom stereocenters. The van der Waals surface area contributed by atoms with Gasteiger partial charge in [-0.3, -0.25) is 4.79 Å². The number of aliphatic carboxylic acids is 1. The molecule has 2 N–H and O–H groups in total. The van der Waals surface area contributed by atoms with Crippen LogP contribution in [0.5, 0.6) is 0 Å². The number of hydrogen-bond acceptors (Lipinski definition) is 4. The number of methoxy groups -OCH3 is 1. The minimum absolute atomic E-state index is 0.00372. The molecule has 0 bridgehead atoms. The predicted octanol–water partition coefficient (Wildman–Crippen LogP) is 1.22. The topological polar surface area (TPSA) is 95.9 Å². The van der Waals surface area contributed by atoms with E-state index in [9.17, 15) is 14.4 Å². The van der Waals surface area contributed by atoms with Crippen molar-refractivity contribution < 1.29 is 24.2 Å². The first-order chi connectivity index (χ1) is 9.33. The zero-order chi connectivity index (χ0) is 15.7. The van der Waals surface area contributed by atoms with E-state index in [-0.39, 0.29) is 18.9 Å². The number of nitrogens with one attached hydrogen (secondary N) is 1. The van der Waals surface area contributed by atoms with Crippen LogP contribution in [0.1, 0.15) is 39.5 Å². The average molecular weight is 288 g/mol. The quantitative estimate of drug-likeness (QED) is 0.655. The molecule has 0 rings (SSSR count). The third-order valence-corrected chi connectivity index (χ3v) is 3.15. The van der Waals surface area contributed by atoms with Crippen molar-refractivity contribution >= 4 is 18.0 Å². The summed E-state index contributed by atoms with van der Waals surface area (Å²) in [6.45, 7) is 3.91. The van der Waals surface area contributed by atoms with Crippen LogP contribution in [0, 0.1) is 0 Å². The largest absolute Gasteiger partial charge is 0.480 e. The Hall–Kier alpha value is -1.79. The van der Waals surface area contributed by atoms with Crippen LogP contribution in [0.15, 0.2) is 0 Å². The van der Waals surface area contributed by atoms with Gasteiger partial charge < -0.3 is 20.1 Å². The van der Waals surface area contributed by atoms with Crippen molar-refractivity contribution in [1.29, 1.82) is 0 Å². The van der Waals surface area contributed by atoms with Gasteiger partial charge in [-0.15, -0.1) is 0 Å². The normalized spacial score (nSPS) is 13.2. The maximum Gasteiger partial charge on any atom is 0.326 e. The lowest BCUT2D eigenvalue weighted by Gasteiger charge is -2.26. The van der Waals surface area contributed by atoms with Gasteiger partial charge in [0, 0.05) is 19.5 Å². The van der Waals surface area contributed by atoms with E-state index in [1.54, 1.807) is 7.05 Å². The highest BCUT2D eigenvalue weighted by atomic mass is 16.5. The van der Waals surface area contributed by atoms with Crippen LogP contribution in [0.4, 0.5) is 4.79 Å². The molecule has 0 heterocycles. The minimum atomic E-state index is -1.17. The Balaban J connectivity index is 4.47. The molecule has 0 saturated heterocycles. The number of esters is 1. The van der Waals surface area contributed by atoms with E-state index in [1.807, 2.05) is 13.8 Å². The predicted molar refractivity (Wildman–Crippen MR) is 73.3 cm³/mol. The summed E-state index contributed by atoms with van der Waals surface area (Å²) < 4.78 is 4.45. The molecular formula is C13H24N2O5. The number of rotatable bonds is 8. The maximum absolute atomic E-state index is 11.9. The molecule has 0 spiro atoms. The lowest BCUT2D eigenvalue weighted by molar-refractivity contribution is -0.142. The average Bonchev–Trinajstić information content (AvgIpc) is 2.41. The fourth-order valence-corrected chi connectivity index (χ4v) is 1.68. The molecule has 1 unspecified atom stereocenters. The lowest BCUT2D eigenvalue weighted by Crippen LogP contribution is -2.49. The van der Waals surface area contributed by atoms with E-state index in [4.69, 9.17) is 5.11 Å². The van der Waals surface area contributed by atoms with Crippen molar-refractivity contribution in [2.45, 2.75) is 51.6 Å². The highest BCUT2D eigenvalue weighted by Crippen LogP contribution is 2.06. The summed E-state index contributed by atoms with van der Waals surface area (Å²) in [5.41, 5.74) is 0. The van der Waals surface area contributed by atoms with Gasteiger partial charge in [0.1, 0.15) is 6.04 Å². The summed E-state index contributed by atoms with van der Waals surface area (Å²) in [7, 11) is 2.85. The summed E-state index contributed by atoms with van der Waals surface area (Å²) in [5.74, 6) is -1.67. The Morgan fingerprint density at radius 3 is 2.35 bits per heavy atom. The van der Waals surface area contributed by atoms with Gasteiger partial charge in [-0.2, -0.15) is 0 Å². The third kappa shape index (κ3) is 6.40. The fraction of sp³-hybridized carbons (Fsp3) is 0.769. The number of amides is 2. The Kier molecular flexibility index (Phi) is 8.35. The van der Waals surface area contributed by atoms with E-state index in [2.05, 4.69) is 10.1 Å². The van der Waals surface area contributed by atoms with Crippen LogP contribution < -0.4 is 5.32 Å². The second-order valence-corrected chi connectivity index (χ2v) is 4.70. The second kappa shape index (κ2) is 9.17. The number of carboxylic acids is 1. The third-order valence-electron chi connectivity index (χ3n) is 3.15.